The van der Waals surface area contributed by atoms with Crippen molar-refractivity contribution >= 4 is 10.9 Å². The van der Waals surface area contributed by atoms with Gasteiger partial charge in [0.1, 0.15) is 5.75 Å². The quantitative estimate of drug-likeness (QED) is 0.897. The van der Waals surface area contributed by atoms with Gasteiger partial charge >= 0.3 is 0 Å². The Morgan fingerprint density at radius 1 is 1.26 bits per heavy atom. The maximum atomic E-state index is 5.46. The van der Waals surface area contributed by atoms with E-state index in [1.807, 2.05) is 18.2 Å². The van der Waals surface area contributed by atoms with E-state index in [4.69, 9.17) is 14.5 Å². The van der Waals surface area contributed by atoms with Gasteiger partial charge in [-0.05, 0) is 30.7 Å². The predicted molar refractivity (Wildman–Crippen MR) is 74.5 cm³/mol. The van der Waals surface area contributed by atoms with Crippen LogP contribution in [0.3, 0.4) is 0 Å². The summed E-state index contributed by atoms with van der Waals surface area (Å²) in [6.45, 7) is 2.45. The second-order valence-corrected chi connectivity index (χ2v) is 4.70. The van der Waals surface area contributed by atoms with Crippen LogP contribution in [0.15, 0.2) is 30.3 Å². The fraction of sp³-hybridized carbons (Fsp3) is 0.400. The van der Waals surface area contributed by atoms with Crippen LogP contribution < -0.4 is 10.1 Å². The number of ether oxygens (including phenoxy) is 2. The number of methoxy groups -OCH3 is 1. The Labute approximate surface area is 112 Å². The zero-order chi connectivity index (χ0) is 13.1. The number of aromatic nitrogens is 1. The SMILES string of the molecule is COc1ccc2nc(C3CCOCCN3)ccc2c1. The number of benzene rings is 1. The molecule has 0 saturated carbocycles. The number of hydrogen-bond donors (Lipinski definition) is 1. The zero-order valence-electron chi connectivity index (χ0n) is 11.1. The molecule has 0 bridgehead atoms. The molecule has 0 aliphatic carbocycles. The van der Waals surface area contributed by atoms with E-state index in [9.17, 15) is 0 Å². The van der Waals surface area contributed by atoms with E-state index in [1.165, 1.54) is 0 Å². The highest BCUT2D eigenvalue weighted by molar-refractivity contribution is 5.80. The lowest BCUT2D eigenvalue weighted by molar-refractivity contribution is 0.150. The van der Waals surface area contributed by atoms with Crippen LogP contribution >= 0.6 is 0 Å². The Balaban J connectivity index is 1.92. The first-order valence-corrected chi connectivity index (χ1v) is 6.62. The van der Waals surface area contributed by atoms with Gasteiger partial charge < -0.3 is 14.8 Å². The molecule has 1 saturated heterocycles. The molecule has 2 heterocycles. The molecule has 4 heteroatoms. The van der Waals surface area contributed by atoms with E-state index >= 15 is 0 Å². The summed E-state index contributed by atoms with van der Waals surface area (Å²) in [5.74, 6) is 0.864. The first-order chi connectivity index (χ1) is 9.36. The van der Waals surface area contributed by atoms with Crippen LogP contribution in [0.5, 0.6) is 5.75 Å². The zero-order valence-corrected chi connectivity index (χ0v) is 11.1. The van der Waals surface area contributed by atoms with Crippen molar-refractivity contribution < 1.29 is 9.47 Å². The lowest BCUT2D eigenvalue weighted by Gasteiger charge is -2.15. The molecule has 0 amide bonds. The van der Waals surface area contributed by atoms with Crippen molar-refractivity contribution in [2.24, 2.45) is 0 Å². The molecule has 1 atom stereocenters. The fourth-order valence-corrected chi connectivity index (χ4v) is 2.40. The van der Waals surface area contributed by atoms with Crippen LogP contribution in [0.2, 0.25) is 0 Å². The second-order valence-electron chi connectivity index (χ2n) is 4.70. The van der Waals surface area contributed by atoms with Crippen molar-refractivity contribution in [3.8, 4) is 5.75 Å². The molecule has 4 nitrogen and oxygen atoms in total. The van der Waals surface area contributed by atoms with Gasteiger partial charge in [-0.15, -0.1) is 0 Å². The molecular weight excluding hydrogens is 240 g/mol. The summed E-state index contributed by atoms with van der Waals surface area (Å²) < 4.78 is 10.7. The van der Waals surface area contributed by atoms with Crippen molar-refractivity contribution in [1.82, 2.24) is 10.3 Å². The molecular formula is C15H18N2O2. The van der Waals surface area contributed by atoms with Crippen LogP contribution in [0.4, 0.5) is 0 Å². The third-order valence-electron chi connectivity index (χ3n) is 3.46. The fourth-order valence-electron chi connectivity index (χ4n) is 2.40. The minimum Gasteiger partial charge on any atom is -0.497 e. The molecule has 0 spiro atoms. The molecule has 1 aromatic heterocycles. The Bertz CT molecular complexity index is 563. The van der Waals surface area contributed by atoms with E-state index in [0.717, 1.165) is 48.5 Å². The van der Waals surface area contributed by atoms with Crippen molar-refractivity contribution in [2.75, 3.05) is 26.9 Å². The number of nitrogens with zero attached hydrogens (tertiary/aromatic N) is 1. The Morgan fingerprint density at radius 2 is 2.21 bits per heavy atom. The van der Waals surface area contributed by atoms with Crippen molar-refractivity contribution in [3.05, 3.63) is 36.0 Å². The Kier molecular flexibility index (Phi) is 3.62. The van der Waals surface area contributed by atoms with Gasteiger partial charge in [0.15, 0.2) is 0 Å². The number of fused-ring (bicyclic) bond motifs is 1. The molecule has 19 heavy (non-hydrogen) atoms. The minimum absolute atomic E-state index is 0.286. The average molecular weight is 258 g/mol. The Morgan fingerprint density at radius 3 is 3.11 bits per heavy atom. The molecule has 1 fully saturated rings. The second kappa shape index (κ2) is 5.55. The summed E-state index contributed by atoms with van der Waals surface area (Å²) in [7, 11) is 1.68. The van der Waals surface area contributed by atoms with E-state index in [0.29, 0.717) is 0 Å². The molecule has 1 unspecified atom stereocenters. The van der Waals surface area contributed by atoms with Gasteiger partial charge in [-0.1, -0.05) is 6.07 Å². The molecule has 1 aliphatic heterocycles. The van der Waals surface area contributed by atoms with Gasteiger partial charge in [-0.25, -0.2) is 0 Å². The van der Waals surface area contributed by atoms with Crippen LogP contribution in [0.1, 0.15) is 18.2 Å². The topological polar surface area (TPSA) is 43.4 Å². The summed E-state index contributed by atoms with van der Waals surface area (Å²) in [6, 6.07) is 10.4. The predicted octanol–water partition coefficient (Wildman–Crippen LogP) is 2.29. The number of pyridine rings is 1. The highest BCUT2D eigenvalue weighted by atomic mass is 16.5. The smallest absolute Gasteiger partial charge is 0.119 e. The van der Waals surface area contributed by atoms with Crippen molar-refractivity contribution in [2.45, 2.75) is 12.5 Å². The van der Waals surface area contributed by atoms with Gasteiger partial charge in [0, 0.05) is 18.5 Å². The Hall–Kier alpha value is -1.65. The summed E-state index contributed by atoms with van der Waals surface area (Å²) in [5, 5.41) is 4.58. The van der Waals surface area contributed by atoms with Gasteiger partial charge in [0.05, 0.1) is 31.0 Å². The number of rotatable bonds is 2. The number of nitrogens with one attached hydrogen (secondary N) is 1. The van der Waals surface area contributed by atoms with E-state index in [-0.39, 0.29) is 6.04 Å². The molecule has 1 aliphatic rings. The van der Waals surface area contributed by atoms with Crippen LogP contribution in [-0.2, 0) is 4.74 Å². The highest BCUT2D eigenvalue weighted by Crippen LogP contribution is 2.23. The summed E-state index contributed by atoms with van der Waals surface area (Å²) in [6.07, 6.45) is 0.967. The van der Waals surface area contributed by atoms with Crippen LogP contribution in [-0.4, -0.2) is 31.9 Å². The molecule has 1 aromatic carbocycles. The minimum atomic E-state index is 0.286. The maximum Gasteiger partial charge on any atom is 0.119 e. The third-order valence-corrected chi connectivity index (χ3v) is 3.46. The average Bonchev–Trinajstić information content (AvgIpc) is 2.75. The third kappa shape index (κ3) is 2.69. The highest BCUT2D eigenvalue weighted by Gasteiger charge is 2.15. The van der Waals surface area contributed by atoms with E-state index < -0.39 is 0 Å². The van der Waals surface area contributed by atoms with Gasteiger partial charge in [0.2, 0.25) is 0 Å². The maximum absolute atomic E-state index is 5.46. The largest absolute Gasteiger partial charge is 0.497 e. The standard InChI is InChI=1S/C15H18N2O2/c1-18-12-3-5-13-11(10-12)2-4-15(17-13)14-6-8-19-9-7-16-14/h2-5,10,14,16H,6-9H2,1H3. The van der Waals surface area contributed by atoms with Crippen LogP contribution in [0.25, 0.3) is 10.9 Å². The normalized spacial score (nSPS) is 20.2. The molecule has 0 radical (unpaired) electrons. The molecule has 3 rings (SSSR count). The van der Waals surface area contributed by atoms with Crippen molar-refractivity contribution in [3.63, 3.8) is 0 Å². The summed E-state index contributed by atoms with van der Waals surface area (Å²) in [5.41, 5.74) is 2.09. The lowest BCUT2D eigenvalue weighted by atomic mass is 10.1. The molecule has 100 valence electrons. The number of hydrogen-bond acceptors (Lipinski definition) is 4. The van der Waals surface area contributed by atoms with E-state index in [2.05, 4.69) is 17.4 Å². The van der Waals surface area contributed by atoms with Gasteiger partial charge in [-0.2, -0.15) is 0 Å². The summed E-state index contributed by atoms with van der Waals surface area (Å²) >= 11 is 0. The van der Waals surface area contributed by atoms with Crippen LogP contribution in [0, 0.1) is 0 Å². The van der Waals surface area contributed by atoms with Gasteiger partial charge in [0.25, 0.3) is 0 Å². The molecule has 1 N–H and O–H groups in total. The first-order valence-electron chi connectivity index (χ1n) is 6.62. The monoisotopic (exact) mass is 258 g/mol. The molecule has 2 aromatic rings. The van der Waals surface area contributed by atoms with Gasteiger partial charge in [-0.3, -0.25) is 4.98 Å². The van der Waals surface area contributed by atoms with Crippen molar-refractivity contribution in [1.29, 1.82) is 0 Å². The first kappa shape index (κ1) is 12.4. The lowest BCUT2D eigenvalue weighted by Crippen LogP contribution is -2.22. The summed E-state index contributed by atoms with van der Waals surface area (Å²) in [4.78, 5) is 4.74. The van der Waals surface area contributed by atoms with E-state index in [1.54, 1.807) is 7.11 Å².